The molecule has 0 aliphatic heterocycles. The normalized spacial score (nSPS) is 9.27. The third-order valence-electron chi connectivity index (χ3n) is 1.04. The summed E-state index contributed by atoms with van der Waals surface area (Å²) in [7, 11) is 0. The van der Waals surface area contributed by atoms with Crippen molar-refractivity contribution in [2.75, 3.05) is 0 Å². The van der Waals surface area contributed by atoms with Crippen molar-refractivity contribution in [3.63, 3.8) is 0 Å². The van der Waals surface area contributed by atoms with Crippen LogP contribution in [0.3, 0.4) is 0 Å². The number of hydrogen-bond donors (Lipinski definition) is 0. The Kier molecular flexibility index (Phi) is 1.81. The highest BCUT2D eigenvalue weighted by atomic mass is 19.1. The van der Waals surface area contributed by atoms with E-state index in [1.165, 1.54) is 0 Å². The summed E-state index contributed by atoms with van der Waals surface area (Å²) in [6.45, 7) is 0. The summed E-state index contributed by atoms with van der Waals surface area (Å²) in [4.78, 5) is 2.69. The minimum absolute atomic E-state index is 0.429. The number of halogens is 3. The van der Waals surface area contributed by atoms with Crippen LogP contribution in [0.5, 0.6) is 0 Å². The number of terminal acetylenes is 1. The van der Waals surface area contributed by atoms with E-state index in [1.807, 2.05) is 0 Å². The van der Waals surface area contributed by atoms with Gasteiger partial charge in [-0.05, 0) is 0 Å². The molecule has 0 fully saturated rings. The van der Waals surface area contributed by atoms with Crippen molar-refractivity contribution in [2.24, 2.45) is 0 Å². The highest BCUT2D eigenvalue weighted by Crippen LogP contribution is 2.09. The first-order valence-corrected chi connectivity index (χ1v) is 2.63. The first-order valence-electron chi connectivity index (χ1n) is 2.63. The predicted molar refractivity (Wildman–Crippen MR) is 32.0 cm³/mol. The zero-order valence-electron chi connectivity index (χ0n) is 5.24. The summed E-state index contributed by atoms with van der Waals surface area (Å²) >= 11 is 0. The molecule has 0 radical (unpaired) electrons. The van der Waals surface area contributed by atoms with Crippen molar-refractivity contribution in [1.29, 1.82) is 0 Å². The molecule has 11 heavy (non-hydrogen) atoms. The number of nitrogens with zero attached hydrogens (tertiary/aromatic N) is 1. The molecule has 56 valence electrons. The maximum absolute atomic E-state index is 12.4. The SMILES string of the molecule is C#Cc1c(F)cc(F)nc1F. The number of pyridine rings is 1. The Labute approximate surface area is 60.9 Å². The molecule has 1 aromatic heterocycles. The zero-order chi connectivity index (χ0) is 8.43. The fourth-order valence-electron chi connectivity index (χ4n) is 0.586. The van der Waals surface area contributed by atoms with Crippen molar-refractivity contribution in [1.82, 2.24) is 4.98 Å². The van der Waals surface area contributed by atoms with E-state index in [9.17, 15) is 13.2 Å². The molecule has 0 aromatic carbocycles. The quantitative estimate of drug-likeness (QED) is 0.410. The van der Waals surface area contributed by atoms with E-state index in [-0.39, 0.29) is 0 Å². The zero-order valence-corrected chi connectivity index (χ0v) is 5.24. The molecule has 0 saturated carbocycles. The fourth-order valence-corrected chi connectivity index (χ4v) is 0.586. The van der Waals surface area contributed by atoms with E-state index in [0.717, 1.165) is 0 Å². The second-order valence-corrected chi connectivity index (χ2v) is 1.74. The fraction of sp³-hybridized carbons (Fsp3) is 0. The number of hydrogen-bond acceptors (Lipinski definition) is 1. The van der Waals surface area contributed by atoms with Crippen LogP contribution in [0.1, 0.15) is 5.56 Å². The molecular weight excluding hydrogens is 155 g/mol. The van der Waals surface area contributed by atoms with Crippen molar-refractivity contribution >= 4 is 0 Å². The van der Waals surface area contributed by atoms with E-state index in [2.05, 4.69) is 4.98 Å². The van der Waals surface area contributed by atoms with Crippen LogP contribution in [0.25, 0.3) is 0 Å². The van der Waals surface area contributed by atoms with Gasteiger partial charge >= 0.3 is 0 Å². The molecule has 1 heterocycles. The molecule has 1 nitrogen and oxygen atoms in total. The second-order valence-electron chi connectivity index (χ2n) is 1.74. The summed E-state index contributed by atoms with van der Waals surface area (Å²) < 4.78 is 36.9. The molecule has 1 aromatic rings. The Hall–Kier alpha value is -1.50. The Morgan fingerprint density at radius 1 is 1.36 bits per heavy atom. The number of rotatable bonds is 0. The lowest BCUT2D eigenvalue weighted by Crippen LogP contribution is -1.96. The van der Waals surface area contributed by atoms with Gasteiger partial charge in [0.25, 0.3) is 0 Å². The summed E-state index contributed by atoms with van der Waals surface area (Å²) in [6.07, 6.45) is 4.71. The van der Waals surface area contributed by atoms with Gasteiger partial charge in [0.15, 0.2) is 0 Å². The van der Waals surface area contributed by atoms with Crippen LogP contribution in [0, 0.1) is 30.1 Å². The first-order chi connectivity index (χ1) is 5.15. The Morgan fingerprint density at radius 2 is 2.00 bits per heavy atom. The van der Waals surface area contributed by atoms with Gasteiger partial charge in [-0.15, -0.1) is 6.42 Å². The maximum atomic E-state index is 12.4. The largest absolute Gasteiger partial charge is 0.234 e. The van der Waals surface area contributed by atoms with Crippen LogP contribution in [-0.4, -0.2) is 4.98 Å². The summed E-state index contributed by atoms with van der Waals surface area (Å²) in [5, 5.41) is 0. The standard InChI is InChI=1S/C7H2F3N/c1-2-4-5(8)3-6(9)11-7(4)10/h1,3H. The summed E-state index contributed by atoms with van der Waals surface area (Å²) in [5.41, 5.74) is -0.647. The van der Waals surface area contributed by atoms with Crippen molar-refractivity contribution < 1.29 is 13.2 Å². The molecule has 0 unspecified atom stereocenters. The van der Waals surface area contributed by atoms with Gasteiger partial charge in [0.05, 0.1) is 0 Å². The molecule has 0 amide bonds. The van der Waals surface area contributed by atoms with Crippen LogP contribution in [0.15, 0.2) is 6.07 Å². The molecule has 0 saturated heterocycles. The molecular formula is C7H2F3N. The molecule has 4 heteroatoms. The lowest BCUT2D eigenvalue weighted by molar-refractivity contribution is 0.484. The molecule has 0 bridgehead atoms. The van der Waals surface area contributed by atoms with Crippen LogP contribution in [0.4, 0.5) is 13.2 Å². The van der Waals surface area contributed by atoms with Gasteiger partial charge in [-0.25, -0.2) is 4.39 Å². The lowest BCUT2D eigenvalue weighted by atomic mass is 10.3. The molecule has 0 aliphatic rings. The first kappa shape index (κ1) is 7.61. The molecule has 0 spiro atoms. The van der Waals surface area contributed by atoms with Crippen LogP contribution in [-0.2, 0) is 0 Å². The minimum atomic E-state index is -1.30. The smallest absolute Gasteiger partial charge is 0.205 e. The number of aromatic nitrogens is 1. The van der Waals surface area contributed by atoms with Gasteiger partial charge in [0.2, 0.25) is 11.9 Å². The van der Waals surface area contributed by atoms with E-state index < -0.39 is 23.3 Å². The van der Waals surface area contributed by atoms with Gasteiger partial charge in [-0.1, -0.05) is 5.92 Å². The average molecular weight is 157 g/mol. The predicted octanol–water partition coefficient (Wildman–Crippen LogP) is 1.48. The second kappa shape index (κ2) is 2.62. The van der Waals surface area contributed by atoms with Crippen molar-refractivity contribution in [3.8, 4) is 12.3 Å². The van der Waals surface area contributed by atoms with Gasteiger partial charge < -0.3 is 0 Å². The van der Waals surface area contributed by atoms with Crippen LogP contribution >= 0.6 is 0 Å². The highest BCUT2D eigenvalue weighted by molar-refractivity contribution is 5.31. The van der Waals surface area contributed by atoms with Crippen molar-refractivity contribution in [2.45, 2.75) is 0 Å². The van der Waals surface area contributed by atoms with Gasteiger partial charge in [-0.3, -0.25) is 0 Å². The Morgan fingerprint density at radius 3 is 2.45 bits per heavy atom. The summed E-state index contributed by atoms with van der Waals surface area (Å²) in [5.74, 6) is -1.93. The van der Waals surface area contributed by atoms with Gasteiger partial charge in [0, 0.05) is 6.07 Å². The Bertz CT molecular complexity index is 304. The minimum Gasteiger partial charge on any atom is -0.205 e. The topological polar surface area (TPSA) is 12.9 Å². The third kappa shape index (κ3) is 1.32. The molecule has 0 N–H and O–H groups in total. The lowest BCUT2D eigenvalue weighted by Gasteiger charge is -1.94. The van der Waals surface area contributed by atoms with E-state index in [4.69, 9.17) is 6.42 Å². The summed E-state index contributed by atoms with van der Waals surface area (Å²) in [6, 6.07) is 0.429. The average Bonchev–Trinajstić information content (AvgIpc) is 1.85. The Balaban J connectivity index is 3.40. The third-order valence-corrected chi connectivity index (χ3v) is 1.04. The molecule has 0 atom stereocenters. The molecule has 1 rings (SSSR count). The van der Waals surface area contributed by atoms with Crippen LogP contribution in [0.2, 0.25) is 0 Å². The van der Waals surface area contributed by atoms with E-state index in [1.54, 1.807) is 5.92 Å². The van der Waals surface area contributed by atoms with Gasteiger partial charge in [0.1, 0.15) is 11.4 Å². The monoisotopic (exact) mass is 157 g/mol. The highest BCUT2D eigenvalue weighted by Gasteiger charge is 2.09. The molecule has 0 aliphatic carbocycles. The van der Waals surface area contributed by atoms with E-state index in [0.29, 0.717) is 6.07 Å². The maximum Gasteiger partial charge on any atom is 0.234 e. The van der Waals surface area contributed by atoms with Crippen LogP contribution < -0.4 is 0 Å². The van der Waals surface area contributed by atoms with Gasteiger partial charge in [-0.2, -0.15) is 13.8 Å². The van der Waals surface area contributed by atoms with Crippen molar-refractivity contribution in [3.05, 3.63) is 29.3 Å². The van der Waals surface area contributed by atoms with E-state index >= 15 is 0 Å².